The van der Waals surface area contributed by atoms with E-state index in [2.05, 4.69) is 9.88 Å². The van der Waals surface area contributed by atoms with Crippen molar-refractivity contribution in [1.82, 2.24) is 9.88 Å². The molecule has 2 saturated heterocycles. The van der Waals surface area contributed by atoms with Crippen LogP contribution in [0.1, 0.15) is 35.6 Å². The number of pyridine rings is 1. The van der Waals surface area contributed by atoms with Crippen LogP contribution >= 0.6 is 0 Å². The van der Waals surface area contributed by atoms with E-state index in [-0.39, 0.29) is 24.9 Å². The molecule has 0 spiro atoms. The lowest BCUT2D eigenvalue weighted by Gasteiger charge is -2.24. The van der Waals surface area contributed by atoms with Gasteiger partial charge in [-0.3, -0.25) is 4.90 Å². The van der Waals surface area contributed by atoms with Crippen LogP contribution in [0, 0.1) is 0 Å². The van der Waals surface area contributed by atoms with Gasteiger partial charge in [-0.15, -0.1) is 0 Å². The number of halogens is 3. The van der Waals surface area contributed by atoms with Gasteiger partial charge < -0.3 is 14.9 Å². The summed E-state index contributed by atoms with van der Waals surface area (Å²) in [6.07, 6.45) is -0.431. The van der Waals surface area contributed by atoms with Crippen molar-refractivity contribution in [2.45, 2.75) is 31.6 Å². The average Bonchev–Trinajstić information content (AvgIpc) is 3.49. The quantitative estimate of drug-likeness (QED) is 0.515. The summed E-state index contributed by atoms with van der Waals surface area (Å²) in [7, 11) is 0. The molecule has 2 aliphatic heterocycles. The number of amides is 2. The largest absolute Gasteiger partial charge is 0.508 e. The first kappa shape index (κ1) is 23.0. The van der Waals surface area contributed by atoms with E-state index in [1.807, 2.05) is 12.1 Å². The molecule has 2 aliphatic rings. The van der Waals surface area contributed by atoms with Crippen molar-refractivity contribution < 1.29 is 23.1 Å². The normalized spacial score (nSPS) is 18.5. The number of aromatic hydroxyl groups is 1. The van der Waals surface area contributed by atoms with Gasteiger partial charge in [-0.2, -0.15) is 13.2 Å². The van der Waals surface area contributed by atoms with Crippen LogP contribution in [0.25, 0.3) is 0 Å². The molecule has 3 aromatic rings. The predicted octanol–water partition coefficient (Wildman–Crippen LogP) is 5.59. The van der Waals surface area contributed by atoms with Crippen molar-refractivity contribution in [2.24, 2.45) is 0 Å². The highest BCUT2D eigenvalue weighted by atomic mass is 19.4. The summed E-state index contributed by atoms with van der Waals surface area (Å²) in [6.45, 7) is 2.47. The third-order valence-corrected chi connectivity index (χ3v) is 6.52. The van der Waals surface area contributed by atoms with Gasteiger partial charge in [-0.1, -0.05) is 18.2 Å². The molecule has 9 heteroatoms. The number of carbonyl (C=O) groups is 1. The molecule has 182 valence electrons. The number of benzene rings is 2. The smallest absolute Gasteiger partial charge is 0.416 e. The minimum atomic E-state index is -4.48. The van der Waals surface area contributed by atoms with Crippen LogP contribution in [-0.4, -0.2) is 40.7 Å². The lowest BCUT2D eigenvalue weighted by molar-refractivity contribution is -0.137. The molecule has 0 radical (unpaired) electrons. The minimum absolute atomic E-state index is 0.0389. The molecule has 2 amide bonds. The maximum atomic E-state index is 13.5. The molecular weight excluding hydrogens is 457 g/mol. The molecule has 2 aromatic carbocycles. The van der Waals surface area contributed by atoms with Crippen molar-refractivity contribution >= 4 is 17.5 Å². The van der Waals surface area contributed by atoms with E-state index in [0.29, 0.717) is 11.3 Å². The van der Waals surface area contributed by atoms with Gasteiger partial charge in [-0.05, 0) is 66.4 Å². The average molecular weight is 483 g/mol. The zero-order chi connectivity index (χ0) is 24.6. The Bertz CT molecular complexity index is 1190. The summed E-state index contributed by atoms with van der Waals surface area (Å²) in [5.41, 5.74) is 0.983. The number of rotatable bonds is 5. The Morgan fingerprint density at radius 1 is 1.00 bits per heavy atom. The summed E-state index contributed by atoms with van der Waals surface area (Å²) in [5, 5.41) is 9.67. The first-order valence-corrected chi connectivity index (χ1v) is 11.5. The number of carbonyl (C=O) groups excluding carboxylic acids is 1. The summed E-state index contributed by atoms with van der Waals surface area (Å²) in [6, 6.07) is 14.1. The number of aromatic nitrogens is 1. The Hall–Kier alpha value is -3.75. The standard InChI is InChI=1S/C26H25F3N4O2/c27-26(28,29)20-5-3-4-19(14-20)23-17-32(25(35)33(23)21-7-9-22(34)10-8-21)16-18-6-11-24(30-15-18)31-12-1-2-13-31/h3-11,14-15,23,34H,1-2,12-13,16-17H2/t23-/m1/s1. The van der Waals surface area contributed by atoms with E-state index in [1.54, 1.807) is 29.3 Å². The molecule has 1 N–H and O–H groups in total. The predicted molar refractivity (Wildman–Crippen MR) is 126 cm³/mol. The van der Waals surface area contributed by atoms with Gasteiger partial charge in [0, 0.05) is 38.1 Å². The van der Waals surface area contributed by atoms with Crippen LogP contribution in [-0.2, 0) is 12.7 Å². The lowest BCUT2D eigenvalue weighted by Crippen LogP contribution is -2.32. The highest BCUT2D eigenvalue weighted by Crippen LogP contribution is 2.38. The van der Waals surface area contributed by atoms with E-state index >= 15 is 0 Å². The minimum Gasteiger partial charge on any atom is -0.508 e. The third-order valence-electron chi connectivity index (χ3n) is 6.52. The van der Waals surface area contributed by atoms with E-state index < -0.39 is 17.8 Å². The molecule has 0 bridgehead atoms. The van der Waals surface area contributed by atoms with Crippen LogP contribution in [0.4, 0.5) is 29.5 Å². The summed E-state index contributed by atoms with van der Waals surface area (Å²) < 4.78 is 40.1. The van der Waals surface area contributed by atoms with Crippen LogP contribution in [0.3, 0.4) is 0 Å². The van der Waals surface area contributed by atoms with Crippen molar-refractivity contribution in [2.75, 3.05) is 29.4 Å². The number of hydrogen-bond acceptors (Lipinski definition) is 4. The number of anilines is 2. The molecule has 1 atom stereocenters. The topological polar surface area (TPSA) is 59.9 Å². The van der Waals surface area contributed by atoms with Gasteiger partial charge in [0.2, 0.25) is 0 Å². The van der Waals surface area contributed by atoms with Crippen LogP contribution in [0.5, 0.6) is 5.75 Å². The molecule has 2 fully saturated rings. The molecule has 0 aliphatic carbocycles. The van der Waals surface area contributed by atoms with Crippen LogP contribution in [0.2, 0.25) is 0 Å². The molecule has 3 heterocycles. The molecule has 0 saturated carbocycles. The Labute approximate surface area is 201 Å². The SMILES string of the molecule is O=C1N(Cc2ccc(N3CCCC3)nc2)C[C@H](c2cccc(C(F)(F)F)c2)N1c1ccc(O)cc1. The van der Waals surface area contributed by atoms with Crippen LogP contribution in [0.15, 0.2) is 66.9 Å². The Kier molecular flexibility index (Phi) is 6.00. The number of alkyl halides is 3. The Morgan fingerprint density at radius 2 is 1.74 bits per heavy atom. The zero-order valence-corrected chi connectivity index (χ0v) is 18.9. The zero-order valence-electron chi connectivity index (χ0n) is 18.9. The van der Waals surface area contributed by atoms with Gasteiger partial charge in [0.15, 0.2) is 0 Å². The molecule has 5 rings (SSSR count). The summed E-state index contributed by atoms with van der Waals surface area (Å²) >= 11 is 0. The summed E-state index contributed by atoms with van der Waals surface area (Å²) in [5.74, 6) is 0.948. The highest BCUT2D eigenvalue weighted by Gasteiger charge is 2.40. The van der Waals surface area contributed by atoms with Gasteiger partial charge in [0.1, 0.15) is 11.6 Å². The number of nitrogens with zero attached hydrogens (tertiary/aromatic N) is 4. The number of phenols is 1. The second kappa shape index (κ2) is 9.13. The Balaban J connectivity index is 1.43. The molecule has 6 nitrogen and oxygen atoms in total. The van der Waals surface area contributed by atoms with Crippen molar-refractivity contribution in [3.63, 3.8) is 0 Å². The fourth-order valence-electron chi connectivity index (χ4n) is 4.73. The lowest BCUT2D eigenvalue weighted by atomic mass is 10.0. The molecule has 0 unspecified atom stereocenters. The van der Waals surface area contributed by atoms with Crippen LogP contribution < -0.4 is 9.80 Å². The monoisotopic (exact) mass is 482 g/mol. The molecular formula is C26H25F3N4O2. The van der Waals surface area contributed by atoms with E-state index in [1.165, 1.54) is 23.1 Å². The van der Waals surface area contributed by atoms with Crippen molar-refractivity contribution in [3.05, 3.63) is 83.6 Å². The van der Waals surface area contributed by atoms with Gasteiger partial charge in [0.25, 0.3) is 0 Å². The second-order valence-corrected chi connectivity index (χ2v) is 8.91. The van der Waals surface area contributed by atoms with Gasteiger partial charge >= 0.3 is 12.2 Å². The summed E-state index contributed by atoms with van der Waals surface area (Å²) in [4.78, 5) is 23.4. The first-order chi connectivity index (χ1) is 16.8. The van der Waals surface area contributed by atoms with E-state index in [4.69, 9.17) is 0 Å². The molecule has 35 heavy (non-hydrogen) atoms. The van der Waals surface area contributed by atoms with Gasteiger partial charge in [-0.25, -0.2) is 9.78 Å². The fraction of sp³-hybridized carbons (Fsp3) is 0.308. The third kappa shape index (κ3) is 4.76. The number of hydrogen-bond donors (Lipinski definition) is 1. The van der Waals surface area contributed by atoms with E-state index in [0.717, 1.165) is 49.4 Å². The second-order valence-electron chi connectivity index (χ2n) is 8.91. The van der Waals surface area contributed by atoms with Gasteiger partial charge in [0.05, 0.1) is 11.6 Å². The van der Waals surface area contributed by atoms with E-state index in [9.17, 15) is 23.1 Å². The van der Waals surface area contributed by atoms with Crippen molar-refractivity contribution in [3.8, 4) is 5.75 Å². The maximum absolute atomic E-state index is 13.5. The number of phenolic OH excluding ortho intramolecular Hbond substituents is 1. The number of urea groups is 1. The first-order valence-electron chi connectivity index (χ1n) is 11.5. The van der Waals surface area contributed by atoms with Crippen molar-refractivity contribution in [1.29, 1.82) is 0 Å². The fourth-order valence-corrected chi connectivity index (χ4v) is 4.73. The molecule has 1 aromatic heterocycles. The maximum Gasteiger partial charge on any atom is 0.416 e. The highest BCUT2D eigenvalue weighted by molar-refractivity contribution is 5.95. The Morgan fingerprint density at radius 3 is 2.40 bits per heavy atom.